The van der Waals surface area contributed by atoms with Gasteiger partial charge in [-0.2, -0.15) is 0 Å². The largest absolute Gasteiger partial charge is 0.507 e. The Hall–Kier alpha value is -2.79. The molecule has 0 spiro atoms. The van der Waals surface area contributed by atoms with Crippen molar-refractivity contribution in [3.63, 3.8) is 0 Å². The summed E-state index contributed by atoms with van der Waals surface area (Å²) in [4.78, 5) is 28.2. The topological polar surface area (TPSA) is 66.8 Å². The smallest absolute Gasteiger partial charge is 0.295 e. The third-order valence-corrected chi connectivity index (χ3v) is 6.58. The van der Waals surface area contributed by atoms with E-state index in [1.165, 1.54) is 7.11 Å². The molecule has 5 nitrogen and oxygen atoms in total. The van der Waals surface area contributed by atoms with Crippen LogP contribution in [0.1, 0.15) is 54.8 Å². The van der Waals surface area contributed by atoms with Gasteiger partial charge in [-0.05, 0) is 49.1 Å². The van der Waals surface area contributed by atoms with Crippen molar-refractivity contribution in [3.8, 4) is 5.75 Å². The molecule has 0 aromatic heterocycles. The maximum atomic E-state index is 13.3. The van der Waals surface area contributed by atoms with Crippen LogP contribution in [0.4, 0.5) is 0 Å². The van der Waals surface area contributed by atoms with E-state index in [0.29, 0.717) is 16.3 Å². The highest BCUT2D eigenvalue weighted by Gasteiger charge is 2.49. The molecule has 1 heterocycles. The zero-order valence-corrected chi connectivity index (χ0v) is 18.5. The fourth-order valence-electron chi connectivity index (χ4n) is 4.80. The molecule has 1 aliphatic heterocycles. The van der Waals surface area contributed by atoms with Crippen LogP contribution in [-0.2, 0) is 9.59 Å². The van der Waals surface area contributed by atoms with Gasteiger partial charge in [-0.1, -0.05) is 55.1 Å². The van der Waals surface area contributed by atoms with E-state index < -0.39 is 17.7 Å². The molecule has 2 aromatic rings. The SMILES string of the molecule is COc1ccc(Cl)cc1/C(O)=C1\C(=O)C(=O)N(C2CCCCC2)C1c1ccccc1C. The molecule has 4 rings (SSSR count). The standard InChI is InChI=1S/C25H26ClNO4/c1-15-8-6-7-11-18(15)22-21(23(28)19-14-16(26)12-13-20(19)31-2)24(29)25(30)27(22)17-9-4-3-5-10-17/h6-8,11-14,17,22,28H,3-5,9-10H2,1-2H3/b23-21+. The van der Waals surface area contributed by atoms with Gasteiger partial charge in [-0.15, -0.1) is 0 Å². The number of hydrogen-bond donors (Lipinski definition) is 1. The van der Waals surface area contributed by atoms with E-state index in [-0.39, 0.29) is 17.4 Å². The Morgan fingerprint density at radius 2 is 1.81 bits per heavy atom. The van der Waals surface area contributed by atoms with Crippen LogP contribution < -0.4 is 4.74 Å². The number of likely N-dealkylation sites (tertiary alicyclic amines) is 1. The van der Waals surface area contributed by atoms with Gasteiger partial charge in [0.15, 0.2) is 0 Å². The highest BCUT2D eigenvalue weighted by atomic mass is 35.5. The summed E-state index contributed by atoms with van der Waals surface area (Å²) in [6, 6.07) is 11.9. The lowest BCUT2D eigenvalue weighted by molar-refractivity contribution is -0.141. The number of halogens is 1. The molecule has 6 heteroatoms. The molecule has 162 valence electrons. The molecular formula is C25H26ClNO4. The summed E-state index contributed by atoms with van der Waals surface area (Å²) in [5.74, 6) is -1.10. The number of ketones is 1. The lowest BCUT2D eigenvalue weighted by atomic mass is 9.89. The second-order valence-electron chi connectivity index (χ2n) is 8.20. The van der Waals surface area contributed by atoms with Gasteiger partial charge < -0.3 is 14.7 Å². The first-order valence-electron chi connectivity index (χ1n) is 10.6. The Kier molecular flexibility index (Phi) is 6.05. The van der Waals surface area contributed by atoms with Crippen LogP contribution in [0.3, 0.4) is 0 Å². The summed E-state index contributed by atoms with van der Waals surface area (Å²) in [5.41, 5.74) is 2.19. The number of aliphatic hydroxyl groups excluding tert-OH is 1. The van der Waals surface area contributed by atoms with Crippen molar-refractivity contribution in [1.29, 1.82) is 0 Å². The van der Waals surface area contributed by atoms with E-state index in [1.54, 1.807) is 23.1 Å². The minimum atomic E-state index is -0.668. The Morgan fingerprint density at radius 1 is 1.10 bits per heavy atom. The first-order chi connectivity index (χ1) is 14.9. The minimum Gasteiger partial charge on any atom is -0.507 e. The number of benzene rings is 2. The molecule has 1 saturated heterocycles. The lowest BCUT2D eigenvalue weighted by Crippen LogP contribution is -2.40. The number of aliphatic hydroxyl groups is 1. The third-order valence-electron chi connectivity index (χ3n) is 6.35. The van der Waals surface area contributed by atoms with Gasteiger partial charge >= 0.3 is 0 Å². The van der Waals surface area contributed by atoms with E-state index >= 15 is 0 Å². The van der Waals surface area contributed by atoms with Crippen LogP contribution in [0, 0.1) is 6.92 Å². The van der Waals surface area contributed by atoms with Crippen molar-refractivity contribution in [2.75, 3.05) is 7.11 Å². The molecule has 31 heavy (non-hydrogen) atoms. The molecule has 0 radical (unpaired) electrons. The minimum absolute atomic E-state index is 0.0265. The van der Waals surface area contributed by atoms with Crippen molar-refractivity contribution < 1.29 is 19.4 Å². The zero-order chi connectivity index (χ0) is 22.1. The van der Waals surface area contributed by atoms with Crippen LogP contribution in [0.25, 0.3) is 5.76 Å². The summed E-state index contributed by atoms with van der Waals surface area (Å²) in [6.45, 7) is 1.95. The van der Waals surface area contributed by atoms with Gasteiger partial charge in [0.2, 0.25) is 0 Å². The van der Waals surface area contributed by atoms with Crippen LogP contribution in [0.2, 0.25) is 5.02 Å². The number of methoxy groups -OCH3 is 1. The highest BCUT2D eigenvalue weighted by molar-refractivity contribution is 6.46. The van der Waals surface area contributed by atoms with Gasteiger partial charge in [0.05, 0.1) is 24.3 Å². The summed E-state index contributed by atoms with van der Waals surface area (Å²) in [7, 11) is 1.49. The lowest BCUT2D eigenvalue weighted by Gasteiger charge is -2.36. The maximum Gasteiger partial charge on any atom is 0.295 e. The number of aryl methyl sites for hydroxylation is 1. The number of ether oxygens (including phenoxy) is 1. The van der Waals surface area contributed by atoms with E-state index in [1.807, 2.05) is 31.2 Å². The summed E-state index contributed by atoms with van der Waals surface area (Å²) < 4.78 is 5.39. The molecule has 2 fully saturated rings. The molecule has 1 unspecified atom stereocenters. The number of nitrogens with zero attached hydrogens (tertiary/aromatic N) is 1. The summed E-state index contributed by atoms with van der Waals surface area (Å²) in [5, 5.41) is 11.7. The Morgan fingerprint density at radius 3 is 2.48 bits per heavy atom. The average molecular weight is 440 g/mol. The molecule has 1 N–H and O–H groups in total. The number of Topliss-reactive ketones (excluding diaryl/α,β-unsaturated/α-hetero) is 1. The second kappa shape index (κ2) is 8.75. The van der Waals surface area contributed by atoms with Gasteiger partial charge in [0.1, 0.15) is 11.5 Å². The van der Waals surface area contributed by atoms with Crippen LogP contribution >= 0.6 is 11.6 Å². The first kappa shape index (κ1) is 21.4. The van der Waals surface area contributed by atoms with Crippen molar-refractivity contribution in [1.82, 2.24) is 4.90 Å². The number of carbonyl (C=O) groups is 2. The van der Waals surface area contributed by atoms with Gasteiger partial charge in [0.25, 0.3) is 11.7 Å². The van der Waals surface area contributed by atoms with E-state index in [4.69, 9.17) is 16.3 Å². The quantitative estimate of drug-likeness (QED) is 0.393. The number of rotatable bonds is 4. The zero-order valence-electron chi connectivity index (χ0n) is 17.7. The molecule has 1 saturated carbocycles. The molecule has 1 aliphatic carbocycles. The van der Waals surface area contributed by atoms with Crippen molar-refractivity contribution in [2.24, 2.45) is 0 Å². The Labute approximate surface area is 187 Å². The summed E-state index contributed by atoms with van der Waals surface area (Å²) >= 11 is 6.17. The van der Waals surface area contributed by atoms with Crippen molar-refractivity contribution >= 4 is 29.1 Å². The van der Waals surface area contributed by atoms with Crippen molar-refractivity contribution in [2.45, 2.75) is 51.1 Å². The van der Waals surface area contributed by atoms with Crippen LogP contribution in [-0.4, -0.2) is 34.8 Å². The fraction of sp³-hybridized carbons (Fsp3) is 0.360. The van der Waals surface area contributed by atoms with Gasteiger partial charge in [0, 0.05) is 11.1 Å². The molecule has 1 amide bonds. The second-order valence-corrected chi connectivity index (χ2v) is 8.64. The average Bonchev–Trinajstić information content (AvgIpc) is 3.04. The first-order valence-corrected chi connectivity index (χ1v) is 11.0. The third kappa shape index (κ3) is 3.83. The van der Waals surface area contributed by atoms with Crippen molar-refractivity contribution in [3.05, 3.63) is 69.8 Å². The molecule has 2 aliphatic rings. The number of carbonyl (C=O) groups excluding carboxylic acids is 2. The van der Waals surface area contributed by atoms with Gasteiger partial charge in [-0.25, -0.2) is 0 Å². The Balaban J connectivity index is 1.94. The molecule has 2 aromatic carbocycles. The van der Waals surface area contributed by atoms with E-state index in [9.17, 15) is 14.7 Å². The molecule has 1 atom stereocenters. The van der Waals surface area contributed by atoms with Crippen LogP contribution in [0.5, 0.6) is 5.75 Å². The monoisotopic (exact) mass is 439 g/mol. The van der Waals surface area contributed by atoms with E-state index in [2.05, 4.69) is 0 Å². The molecule has 0 bridgehead atoms. The number of amides is 1. The fourth-order valence-corrected chi connectivity index (χ4v) is 4.97. The molecular weight excluding hydrogens is 414 g/mol. The van der Waals surface area contributed by atoms with Gasteiger partial charge in [-0.3, -0.25) is 9.59 Å². The predicted molar refractivity (Wildman–Crippen MR) is 120 cm³/mol. The summed E-state index contributed by atoms with van der Waals surface area (Å²) in [6.07, 6.45) is 4.90. The highest BCUT2D eigenvalue weighted by Crippen LogP contribution is 2.45. The normalized spacial score (nSPS) is 21.5. The van der Waals surface area contributed by atoms with E-state index in [0.717, 1.165) is 43.2 Å². The predicted octanol–water partition coefficient (Wildman–Crippen LogP) is 5.41. The Bertz CT molecular complexity index is 1060. The maximum absolute atomic E-state index is 13.3. The van der Waals surface area contributed by atoms with Crippen LogP contribution in [0.15, 0.2) is 48.0 Å². The number of hydrogen-bond acceptors (Lipinski definition) is 4.